The molecule has 12 heteroatoms. The Morgan fingerprint density at radius 1 is 1.11 bits per heavy atom. The first-order chi connectivity index (χ1) is 17.0. The largest absolute Gasteiger partial charge is 0.417 e. The van der Waals surface area contributed by atoms with Crippen molar-refractivity contribution in [3.8, 4) is 11.3 Å². The van der Waals surface area contributed by atoms with E-state index in [4.69, 9.17) is 4.98 Å². The van der Waals surface area contributed by atoms with Crippen LogP contribution in [-0.2, 0) is 0 Å². The lowest BCUT2D eigenvalue weighted by atomic mass is 9.82. The molecule has 0 atom stereocenters. The van der Waals surface area contributed by atoms with E-state index in [1.807, 2.05) is 25.1 Å². The molecule has 0 aromatic carbocycles. The number of nitrogens with one attached hydrogen (secondary N) is 2. The van der Waals surface area contributed by atoms with Gasteiger partial charge in [-0.3, -0.25) is 0 Å². The molecule has 4 heterocycles. The molecule has 4 aromatic rings. The Labute approximate surface area is 205 Å². The lowest BCUT2D eigenvalue weighted by molar-refractivity contribution is -0.269. The molecule has 0 saturated heterocycles. The zero-order valence-electron chi connectivity index (χ0n) is 20.6. The summed E-state index contributed by atoms with van der Waals surface area (Å²) in [6, 6.07) is 5.72. The zero-order chi connectivity index (χ0) is 25.8. The van der Waals surface area contributed by atoms with Crippen LogP contribution in [0, 0.1) is 6.92 Å². The quantitative estimate of drug-likeness (QED) is 0.363. The fraction of sp³-hybridized carbons (Fsp3) is 0.500. The smallest absolute Gasteiger partial charge is 0.380 e. The minimum absolute atomic E-state index is 0.163. The molecular formula is C24H29F3N8O. The number of aromatic nitrogens is 6. The molecule has 4 aromatic heterocycles. The number of halogens is 3. The minimum Gasteiger partial charge on any atom is -0.380 e. The fourth-order valence-corrected chi connectivity index (χ4v) is 5.03. The van der Waals surface area contributed by atoms with Gasteiger partial charge in [-0.2, -0.15) is 18.2 Å². The summed E-state index contributed by atoms with van der Waals surface area (Å²) >= 11 is 0. The van der Waals surface area contributed by atoms with Gasteiger partial charge in [0.1, 0.15) is 16.9 Å². The lowest BCUT2D eigenvalue weighted by Crippen LogP contribution is -2.49. The van der Waals surface area contributed by atoms with Crippen LogP contribution in [0.25, 0.3) is 27.9 Å². The Kier molecular flexibility index (Phi) is 5.81. The van der Waals surface area contributed by atoms with Gasteiger partial charge in [-0.15, -0.1) is 5.10 Å². The third-order valence-corrected chi connectivity index (χ3v) is 6.93. The van der Waals surface area contributed by atoms with E-state index in [1.54, 1.807) is 17.8 Å². The van der Waals surface area contributed by atoms with Crippen LogP contribution < -0.4 is 10.6 Å². The summed E-state index contributed by atoms with van der Waals surface area (Å²) in [5, 5.41) is 20.7. The molecule has 1 aliphatic carbocycles. The second-order valence-electron chi connectivity index (χ2n) is 9.67. The van der Waals surface area contributed by atoms with Gasteiger partial charge in [0.25, 0.3) is 0 Å². The van der Waals surface area contributed by atoms with Gasteiger partial charge in [-0.05, 0) is 64.7 Å². The number of pyridine rings is 1. The zero-order valence-corrected chi connectivity index (χ0v) is 20.6. The van der Waals surface area contributed by atoms with Crippen LogP contribution in [0.4, 0.5) is 24.9 Å². The summed E-state index contributed by atoms with van der Waals surface area (Å²) in [6.07, 6.45) is -3.21. The predicted molar refractivity (Wildman–Crippen MR) is 131 cm³/mol. The number of imidazole rings is 1. The van der Waals surface area contributed by atoms with Gasteiger partial charge < -0.3 is 20.3 Å². The number of anilines is 2. The average molecular weight is 503 g/mol. The average Bonchev–Trinajstić information content (AvgIpc) is 3.39. The minimum atomic E-state index is -4.63. The first-order valence-electron chi connectivity index (χ1n) is 12.0. The number of aliphatic hydroxyl groups is 1. The number of alkyl halides is 3. The summed E-state index contributed by atoms with van der Waals surface area (Å²) in [7, 11) is 1.75. The van der Waals surface area contributed by atoms with Gasteiger partial charge in [-0.25, -0.2) is 14.5 Å². The molecule has 5 rings (SSSR count). The molecule has 1 saturated carbocycles. The van der Waals surface area contributed by atoms with Crippen molar-refractivity contribution < 1.29 is 18.3 Å². The number of hydrogen-bond donors (Lipinski definition) is 3. The molecule has 1 fully saturated rings. The molecule has 9 nitrogen and oxygen atoms in total. The first-order valence-corrected chi connectivity index (χ1v) is 12.0. The number of fused-ring (bicyclic) bond motifs is 2. The van der Waals surface area contributed by atoms with Crippen LogP contribution >= 0.6 is 0 Å². The van der Waals surface area contributed by atoms with E-state index in [0.29, 0.717) is 11.8 Å². The molecule has 192 valence electrons. The molecule has 1 aliphatic rings. The maximum Gasteiger partial charge on any atom is 0.417 e. The van der Waals surface area contributed by atoms with Crippen LogP contribution in [0.3, 0.4) is 0 Å². The summed E-state index contributed by atoms with van der Waals surface area (Å²) < 4.78 is 43.2. The van der Waals surface area contributed by atoms with Gasteiger partial charge in [0, 0.05) is 30.9 Å². The molecule has 0 amide bonds. The van der Waals surface area contributed by atoms with Crippen molar-refractivity contribution >= 4 is 28.4 Å². The summed E-state index contributed by atoms with van der Waals surface area (Å²) in [5.74, 6) is 1.76. The third kappa shape index (κ3) is 4.02. The normalized spacial score (nSPS) is 21.0. The maximum atomic E-state index is 13.1. The van der Waals surface area contributed by atoms with Crippen molar-refractivity contribution in [3.63, 3.8) is 0 Å². The molecule has 0 spiro atoms. The molecule has 3 N–H and O–H groups in total. The van der Waals surface area contributed by atoms with Crippen molar-refractivity contribution in [2.75, 3.05) is 17.7 Å². The van der Waals surface area contributed by atoms with E-state index in [0.717, 1.165) is 33.8 Å². The van der Waals surface area contributed by atoms with Crippen LogP contribution in [0.1, 0.15) is 51.4 Å². The Hall–Kier alpha value is -3.41. The predicted octanol–water partition coefficient (Wildman–Crippen LogP) is 4.72. The molecule has 0 unspecified atom stereocenters. The Bertz CT molecular complexity index is 1420. The highest BCUT2D eigenvalue weighted by Crippen LogP contribution is 2.42. The number of hydrogen-bond acceptors (Lipinski definition) is 7. The van der Waals surface area contributed by atoms with Crippen LogP contribution in [0.2, 0.25) is 0 Å². The second kappa shape index (κ2) is 8.61. The SMILES string of the molecule is CNc1nc(NC2CCC(O)(C(F)(F)F)CC2)nn2ccc(-c3ccc4nc(C)n(C(C)C)c4n3)c12. The van der Waals surface area contributed by atoms with Crippen LogP contribution in [-0.4, -0.2) is 59.1 Å². The van der Waals surface area contributed by atoms with Gasteiger partial charge in [0.05, 0.1) is 5.69 Å². The van der Waals surface area contributed by atoms with Crippen molar-refractivity contribution in [3.05, 3.63) is 30.2 Å². The van der Waals surface area contributed by atoms with E-state index in [1.165, 1.54) is 0 Å². The highest BCUT2D eigenvalue weighted by atomic mass is 19.4. The fourth-order valence-electron chi connectivity index (χ4n) is 5.03. The monoisotopic (exact) mass is 502 g/mol. The Balaban J connectivity index is 1.46. The topological polar surface area (TPSA) is 105 Å². The van der Waals surface area contributed by atoms with E-state index in [-0.39, 0.29) is 37.8 Å². The highest BCUT2D eigenvalue weighted by molar-refractivity contribution is 5.89. The van der Waals surface area contributed by atoms with E-state index < -0.39 is 11.8 Å². The lowest BCUT2D eigenvalue weighted by Gasteiger charge is -2.37. The van der Waals surface area contributed by atoms with Crippen LogP contribution in [0.5, 0.6) is 0 Å². The molecule has 0 radical (unpaired) electrons. The van der Waals surface area contributed by atoms with Gasteiger partial charge in [0.2, 0.25) is 5.95 Å². The maximum absolute atomic E-state index is 13.1. The molecule has 0 aliphatic heterocycles. The second-order valence-corrected chi connectivity index (χ2v) is 9.67. The van der Waals surface area contributed by atoms with Crippen molar-refractivity contribution in [2.45, 2.75) is 70.3 Å². The Morgan fingerprint density at radius 3 is 2.47 bits per heavy atom. The molecule has 36 heavy (non-hydrogen) atoms. The van der Waals surface area contributed by atoms with E-state index in [2.05, 4.69) is 44.1 Å². The number of aryl methyl sites for hydroxylation is 1. The van der Waals surface area contributed by atoms with Gasteiger partial charge >= 0.3 is 6.18 Å². The van der Waals surface area contributed by atoms with E-state index >= 15 is 0 Å². The van der Waals surface area contributed by atoms with Gasteiger partial charge in [0.15, 0.2) is 17.1 Å². The van der Waals surface area contributed by atoms with Gasteiger partial charge in [-0.1, -0.05) is 0 Å². The summed E-state index contributed by atoms with van der Waals surface area (Å²) in [5.41, 5.74) is 1.34. The van der Waals surface area contributed by atoms with Crippen LogP contribution in [0.15, 0.2) is 24.4 Å². The van der Waals surface area contributed by atoms with Crippen molar-refractivity contribution in [1.82, 2.24) is 29.1 Å². The first kappa shape index (κ1) is 24.3. The summed E-state index contributed by atoms with van der Waals surface area (Å²) in [4.78, 5) is 14.1. The molecule has 0 bridgehead atoms. The number of rotatable bonds is 5. The third-order valence-electron chi connectivity index (χ3n) is 6.93. The number of nitrogens with zero attached hydrogens (tertiary/aromatic N) is 6. The van der Waals surface area contributed by atoms with Crippen molar-refractivity contribution in [1.29, 1.82) is 0 Å². The Morgan fingerprint density at radius 2 is 1.83 bits per heavy atom. The standard InChI is InChI=1S/C24H29F3N8O/c1-13(2)35-14(3)29-18-6-5-17(31-21(18)35)16-9-12-34-19(16)20(28-4)32-22(33-34)30-15-7-10-23(36,11-8-15)24(25,26)27/h5-6,9,12-13,15,36H,7-8,10-11H2,1-4H3,(H2,28,30,32,33). The summed E-state index contributed by atoms with van der Waals surface area (Å²) in [6.45, 7) is 6.15. The highest BCUT2D eigenvalue weighted by Gasteiger charge is 2.54. The van der Waals surface area contributed by atoms with E-state index in [9.17, 15) is 18.3 Å². The van der Waals surface area contributed by atoms with Crippen molar-refractivity contribution in [2.24, 2.45) is 0 Å². The molecular weight excluding hydrogens is 473 g/mol.